The fraction of sp³-hybridized carbons (Fsp3) is 0.174. The average Bonchev–Trinajstić information content (AvgIpc) is 3.15. The summed E-state index contributed by atoms with van der Waals surface area (Å²) in [6.45, 7) is 4.13. The third-order valence-electron chi connectivity index (χ3n) is 4.93. The van der Waals surface area contributed by atoms with E-state index in [4.69, 9.17) is 0 Å². The minimum atomic E-state index is -0.409. The van der Waals surface area contributed by atoms with Gasteiger partial charge < -0.3 is 0 Å². The quantitative estimate of drug-likeness (QED) is 0.424. The Morgan fingerprint density at radius 3 is 2.45 bits per heavy atom. The number of aromatic nitrogens is 2. The fourth-order valence-electron chi connectivity index (χ4n) is 3.22. The number of ketones is 1. The second-order valence-electron chi connectivity index (χ2n) is 7.21. The molecule has 0 spiro atoms. The van der Waals surface area contributed by atoms with Crippen LogP contribution in [0.1, 0.15) is 35.7 Å². The van der Waals surface area contributed by atoms with Crippen molar-refractivity contribution in [1.82, 2.24) is 9.55 Å². The van der Waals surface area contributed by atoms with Gasteiger partial charge in [-0.25, -0.2) is 9.37 Å². The Labute approximate surface area is 171 Å². The number of carbonyl (C=O) groups excluding carboxylic acids is 1. The normalized spacial score (nSPS) is 11.3. The summed E-state index contributed by atoms with van der Waals surface area (Å²) in [5.74, 6) is -0.251. The average molecular weight is 406 g/mol. The minimum Gasteiger partial charge on any atom is -0.292 e. The second-order valence-corrected chi connectivity index (χ2v) is 8.07. The molecule has 4 nitrogen and oxygen atoms in total. The van der Waals surface area contributed by atoms with Gasteiger partial charge in [0.2, 0.25) is 0 Å². The predicted octanol–water partition coefficient (Wildman–Crippen LogP) is 5.27. The van der Waals surface area contributed by atoms with Crippen LogP contribution in [-0.4, -0.2) is 15.3 Å². The van der Waals surface area contributed by atoms with Gasteiger partial charge in [-0.05, 0) is 41.3 Å². The molecule has 0 amide bonds. The number of Topliss-reactive ketones (excluding diaryl/α,β-unsaturated/α-hetero) is 1. The maximum absolute atomic E-state index is 13.1. The lowest BCUT2D eigenvalue weighted by molar-refractivity contribution is 0.0970. The van der Waals surface area contributed by atoms with Gasteiger partial charge in [-0.1, -0.05) is 38.1 Å². The standard InChI is InChI=1S/C23H19FN2O2S/c1-14(2)15-3-5-16(6-4-15)19-12-29-22-21(19)23(28)26(13-25-22)11-20(27)17-7-9-18(24)10-8-17/h3-10,12-14H,11H2,1-2H3. The van der Waals surface area contributed by atoms with E-state index < -0.39 is 5.82 Å². The van der Waals surface area contributed by atoms with Gasteiger partial charge >= 0.3 is 0 Å². The third-order valence-corrected chi connectivity index (χ3v) is 5.82. The van der Waals surface area contributed by atoms with Gasteiger partial charge in [0.1, 0.15) is 10.6 Å². The van der Waals surface area contributed by atoms with Crippen LogP contribution in [0.2, 0.25) is 0 Å². The van der Waals surface area contributed by atoms with Gasteiger partial charge in [0.05, 0.1) is 18.3 Å². The zero-order valence-corrected chi connectivity index (χ0v) is 16.9. The lowest BCUT2D eigenvalue weighted by Gasteiger charge is -2.08. The van der Waals surface area contributed by atoms with Crippen molar-refractivity contribution in [3.63, 3.8) is 0 Å². The molecule has 0 aliphatic heterocycles. The highest BCUT2D eigenvalue weighted by Gasteiger charge is 2.15. The number of hydrogen-bond acceptors (Lipinski definition) is 4. The van der Waals surface area contributed by atoms with Gasteiger partial charge in [-0.15, -0.1) is 11.3 Å². The molecule has 2 aromatic heterocycles. The largest absolute Gasteiger partial charge is 0.292 e. The third kappa shape index (κ3) is 3.76. The van der Waals surface area contributed by atoms with Gasteiger partial charge in [-0.3, -0.25) is 14.2 Å². The maximum Gasteiger partial charge on any atom is 0.263 e. The molecular formula is C23H19FN2O2S. The van der Waals surface area contributed by atoms with Crippen LogP contribution in [0.3, 0.4) is 0 Å². The SMILES string of the molecule is CC(C)c1ccc(-c2csc3ncn(CC(=O)c4ccc(F)cc4)c(=O)c23)cc1. The first-order valence-electron chi connectivity index (χ1n) is 9.30. The summed E-state index contributed by atoms with van der Waals surface area (Å²) in [6.07, 6.45) is 1.40. The Balaban J connectivity index is 1.71. The Kier molecular flexibility index (Phi) is 5.11. The Morgan fingerprint density at radius 1 is 1.10 bits per heavy atom. The van der Waals surface area contributed by atoms with E-state index in [0.717, 1.165) is 11.1 Å². The van der Waals surface area contributed by atoms with Crippen LogP contribution in [0.4, 0.5) is 4.39 Å². The molecule has 0 saturated carbocycles. The first kappa shape index (κ1) is 19.2. The van der Waals surface area contributed by atoms with Crippen LogP contribution < -0.4 is 5.56 Å². The summed E-state index contributed by atoms with van der Waals surface area (Å²) in [5.41, 5.74) is 3.10. The van der Waals surface area contributed by atoms with Crippen LogP contribution >= 0.6 is 11.3 Å². The second kappa shape index (κ2) is 7.72. The molecule has 29 heavy (non-hydrogen) atoms. The number of carbonyl (C=O) groups is 1. The number of benzene rings is 2. The summed E-state index contributed by atoms with van der Waals surface area (Å²) in [7, 11) is 0. The minimum absolute atomic E-state index is 0.144. The Bertz CT molecular complexity index is 1240. The van der Waals surface area contributed by atoms with Crippen LogP contribution in [0.15, 0.2) is 65.0 Å². The number of hydrogen-bond donors (Lipinski definition) is 0. The predicted molar refractivity (Wildman–Crippen MR) is 114 cm³/mol. The zero-order valence-electron chi connectivity index (χ0n) is 16.1. The molecule has 0 radical (unpaired) electrons. The van der Waals surface area contributed by atoms with Crippen molar-refractivity contribution in [3.05, 3.63) is 87.5 Å². The van der Waals surface area contributed by atoms with E-state index in [1.165, 1.54) is 52.1 Å². The van der Waals surface area contributed by atoms with Crippen molar-refractivity contribution < 1.29 is 9.18 Å². The molecular weight excluding hydrogens is 387 g/mol. The van der Waals surface area contributed by atoms with E-state index >= 15 is 0 Å². The van der Waals surface area contributed by atoms with Crippen molar-refractivity contribution in [3.8, 4) is 11.1 Å². The highest BCUT2D eigenvalue weighted by molar-refractivity contribution is 7.17. The molecule has 0 aliphatic rings. The van der Waals surface area contributed by atoms with Gasteiger partial charge in [0.15, 0.2) is 5.78 Å². The summed E-state index contributed by atoms with van der Waals surface area (Å²) in [4.78, 5) is 30.6. The highest BCUT2D eigenvalue weighted by atomic mass is 32.1. The molecule has 0 bridgehead atoms. The molecule has 4 rings (SSSR count). The summed E-state index contributed by atoms with van der Waals surface area (Å²) < 4.78 is 14.4. The molecule has 0 N–H and O–H groups in total. The number of nitrogens with zero attached hydrogens (tertiary/aromatic N) is 2. The monoisotopic (exact) mass is 406 g/mol. The Hall–Kier alpha value is -3.12. The van der Waals surface area contributed by atoms with Gasteiger partial charge in [0, 0.05) is 16.5 Å². The summed E-state index contributed by atoms with van der Waals surface area (Å²) in [6, 6.07) is 13.5. The van der Waals surface area contributed by atoms with E-state index in [0.29, 0.717) is 21.7 Å². The van der Waals surface area contributed by atoms with Crippen molar-refractivity contribution in [2.75, 3.05) is 0 Å². The number of rotatable bonds is 5. The molecule has 0 saturated heterocycles. The van der Waals surface area contributed by atoms with Gasteiger partial charge in [0.25, 0.3) is 5.56 Å². The zero-order chi connectivity index (χ0) is 20.5. The molecule has 146 valence electrons. The smallest absolute Gasteiger partial charge is 0.263 e. The molecule has 0 aliphatic carbocycles. The van der Waals surface area contributed by atoms with Crippen LogP contribution in [0.5, 0.6) is 0 Å². The lowest BCUT2D eigenvalue weighted by Crippen LogP contribution is -2.24. The highest BCUT2D eigenvalue weighted by Crippen LogP contribution is 2.31. The van der Waals surface area contributed by atoms with Crippen LogP contribution in [0.25, 0.3) is 21.3 Å². The van der Waals surface area contributed by atoms with Crippen molar-refractivity contribution in [2.45, 2.75) is 26.3 Å². The van der Waals surface area contributed by atoms with E-state index in [1.54, 1.807) is 0 Å². The van der Waals surface area contributed by atoms with E-state index in [1.807, 2.05) is 17.5 Å². The Morgan fingerprint density at radius 2 is 1.79 bits per heavy atom. The first-order valence-corrected chi connectivity index (χ1v) is 10.2. The molecule has 2 heterocycles. The fourth-order valence-corrected chi connectivity index (χ4v) is 4.13. The number of fused-ring (bicyclic) bond motifs is 1. The van der Waals surface area contributed by atoms with Crippen LogP contribution in [0, 0.1) is 5.82 Å². The van der Waals surface area contributed by atoms with E-state index in [-0.39, 0.29) is 17.9 Å². The topological polar surface area (TPSA) is 52.0 Å². The van der Waals surface area contributed by atoms with Gasteiger partial charge in [-0.2, -0.15) is 0 Å². The summed E-state index contributed by atoms with van der Waals surface area (Å²) in [5, 5.41) is 2.44. The molecule has 4 aromatic rings. The lowest BCUT2D eigenvalue weighted by atomic mass is 9.99. The van der Waals surface area contributed by atoms with Crippen LogP contribution in [-0.2, 0) is 6.54 Å². The van der Waals surface area contributed by atoms with Crippen molar-refractivity contribution >= 4 is 27.3 Å². The van der Waals surface area contributed by atoms with Crippen molar-refractivity contribution in [1.29, 1.82) is 0 Å². The first-order chi connectivity index (χ1) is 13.9. The van der Waals surface area contributed by atoms with E-state index in [2.05, 4.69) is 31.0 Å². The molecule has 2 aromatic carbocycles. The summed E-state index contributed by atoms with van der Waals surface area (Å²) >= 11 is 1.41. The number of thiophene rings is 1. The molecule has 0 unspecified atom stereocenters. The van der Waals surface area contributed by atoms with Crippen molar-refractivity contribution in [2.24, 2.45) is 0 Å². The number of halogens is 1. The van der Waals surface area contributed by atoms with E-state index in [9.17, 15) is 14.0 Å². The maximum atomic E-state index is 13.1. The molecule has 0 fully saturated rings. The molecule has 0 atom stereocenters. The molecule has 6 heteroatoms.